The zero-order valence-electron chi connectivity index (χ0n) is 4.58. The van der Waals surface area contributed by atoms with E-state index in [1.807, 2.05) is 0 Å². The van der Waals surface area contributed by atoms with Crippen molar-refractivity contribution in [1.82, 2.24) is 4.98 Å². The Morgan fingerprint density at radius 1 is 1.60 bits per heavy atom. The molecule has 0 radical (unpaired) electrons. The van der Waals surface area contributed by atoms with Crippen LogP contribution in [-0.2, 0) is 0 Å². The highest BCUT2D eigenvalue weighted by Gasteiger charge is 2.04. The van der Waals surface area contributed by atoms with Gasteiger partial charge in [0.05, 0.1) is 11.1 Å². The molecular formula is C4H2Cl2N2OS. The summed E-state index contributed by atoms with van der Waals surface area (Å²) in [6.07, 6.45) is 1.19. The second-order valence-corrected chi connectivity index (χ2v) is 3.34. The standard InChI is InChI=1S/C4H2Cl2N2OS/c5-3-2(1-7-9)10-4(6)8-3/h1,9H/b7-1+. The van der Waals surface area contributed by atoms with E-state index in [1.165, 1.54) is 6.21 Å². The fourth-order valence-electron chi connectivity index (χ4n) is 0.420. The first kappa shape index (κ1) is 7.78. The zero-order valence-corrected chi connectivity index (χ0v) is 6.91. The predicted octanol–water partition coefficient (Wildman–Crippen LogP) is 2.26. The van der Waals surface area contributed by atoms with Crippen molar-refractivity contribution in [2.45, 2.75) is 0 Å². The van der Waals surface area contributed by atoms with Gasteiger partial charge in [-0.1, -0.05) is 39.7 Å². The lowest BCUT2D eigenvalue weighted by molar-refractivity contribution is 0.322. The second-order valence-electron chi connectivity index (χ2n) is 1.37. The van der Waals surface area contributed by atoms with Gasteiger partial charge >= 0.3 is 0 Å². The molecule has 1 heterocycles. The van der Waals surface area contributed by atoms with Gasteiger partial charge in [0, 0.05) is 0 Å². The average molecular weight is 197 g/mol. The molecule has 0 bridgehead atoms. The third-order valence-electron chi connectivity index (χ3n) is 0.759. The van der Waals surface area contributed by atoms with Gasteiger partial charge < -0.3 is 5.21 Å². The first-order valence-corrected chi connectivity index (χ1v) is 3.80. The van der Waals surface area contributed by atoms with Gasteiger partial charge in [-0.15, -0.1) is 0 Å². The lowest BCUT2D eigenvalue weighted by Gasteiger charge is -1.78. The van der Waals surface area contributed by atoms with Crippen molar-refractivity contribution in [3.63, 3.8) is 0 Å². The van der Waals surface area contributed by atoms with Crippen LogP contribution >= 0.6 is 34.5 Å². The van der Waals surface area contributed by atoms with E-state index >= 15 is 0 Å². The van der Waals surface area contributed by atoms with Crippen molar-refractivity contribution in [2.75, 3.05) is 0 Å². The van der Waals surface area contributed by atoms with Gasteiger partial charge in [0.25, 0.3) is 0 Å². The minimum atomic E-state index is 0.257. The summed E-state index contributed by atoms with van der Waals surface area (Å²) in [5.41, 5.74) is 0. The van der Waals surface area contributed by atoms with E-state index in [1.54, 1.807) is 0 Å². The summed E-state index contributed by atoms with van der Waals surface area (Å²) in [6, 6.07) is 0. The van der Waals surface area contributed by atoms with Crippen molar-refractivity contribution in [2.24, 2.45) is 5.16 Å². The summed E-state index contributed by atoms with van der Waals surface area (Å²) in [7, 11) is 0. The number of nitrogens with zero attached hydrogens (tertiary/aromatic N) is 2. The lowest BCUT2D eigenvalue weighted by atomic mass is 10.6. The Bertz CT molecular complexity index is 260. The molecule has 0 fully saturated rings. The number of thiazole rings is 1. The molecule has 10 heavy (non-hydrogen) atoms. The number of halogens is 2. The smallest absolute Gasteiger partial charge is 0.185 e. The summed E-state index contributed by atoms with van der Waals surface area (Å²) in [5, 5.41) is 11.1. The van der Waals surface area contributed by atoms with Crippen LogP contribution in [0.5, 0.6) is 0 Å². The quantitative estimate of drug-likeness (QED) is 0.426. The van der Waals surface area contributed by atoms with Crippen molar-refractivity contribution in [3.8, 4) is 0 Å². The number of aromatic nitrogens is 1. The predicted molar refractivity (Wildman–Crippen MR) is 41.5 cm³/mol. The molecule has 1 aromatic rings. The van der Waals surface area contributed by atoms with Crippen LogP contribution in [0.25, 0.3) is 0 Å². The number of hydrogen-bond donors (Lipinski definition) is 1. The summed E-state index contributed by atoms with van der Waals surface area (Å²) in [4.78, 5) is 4.23. The van der Waals surface area contributed by atoms with Crippen LogP contribution in [0.2, 0.25) is 9.62 Å². The number of hydrogen-bond acceptors (Lipinski definition) is 4. The van der Waals surface area contributed by atoms with E-state index in [9.17, 15) is 0 Å². The minimum absolute atomic E-state index is 0.257. The normalized spacial score (nSPS) is 11.0. The molecule has 0 aromatic carbocycles. The Morgan fingerprint density at radius 2 is 2.30 bits per heavy atom. The molecule has 0 unspecified atom stereocenters. The largest absolute Gasteiger partial charge is 0.411 e. The van der Waals surface area contributed by atoms with Crippen molar-refractivity contribution in [3.05, 3.63) is 14.5 Å². The molecule has 0 aliphatic rings. The monoisotopic (exact) mass is 196 g/mol. The maximum atomic E-state index is 8.10. The van der Waals surface area contributed by atoms with E-state index in [-0.39, 0.29) is 5.15 Å². The summed E-state index contributed by atoms with van der Waals surface area (Å²) in [6.45, 7) is 0. The number of oxime groups is 1. The SMILES string of the molecule is O/N=C/c1sc(Cl)nc1Cl. The maximum Gasteiger partial charge on any atom is 0.185 e. The average Bonchev–Trinajstić information content (AvgIpc) is 2.13. The molecule has 1 N–H and O–H groups in total. The summed E-state index contributed by atoms with van der Waals surface area (Å²) < 4.78 is 0.333. The van der Waals surface area contributed by atoms with Gasteiger partial charge in [-0.05, 0) is 0 Å². The molecule has 0 atom stereocenters. The van der Waals surface area contributed by atoms with Gasteiger partial charge in [-0.25, -0.2) is 4.98 Å². The van der Waals surface area contributed by atoms with Gasteiger partial charge in [0.15, 0.2) is 9.62 Å². The Morgan fingerprint density at radius 3 is 2.70 bits per heavy atom. The first-order chi connectivity index (χ1) is 4.74. The fraction of sp³-hybridized carbons (Fsp3) is 0. The maximum absolute atomic E-state index is 8.10. The van der Waals surface area contributed by atoms with E-state index in [0.29, 0.717) is 9.34 Å². The third-order valence-corrected chi connectivity index (χ3v) is 2.25. The van der Waals surface area contributed by atoms with E-state index in [4.69, 9.17) is 28.4 Å². The van der Waals surface area contributed by atoms with Crippen LogP contribution in [0.15, 0.2) is 5.16 Å². The van der Waals surface area contributed by atoms with Gasteiger partial charge in [-0.3, -0.25) is 0 Å². The van der Waals surface area contributed by atoms with Crippen LogP contribution in [0.1, 0.15) is 4.88 Å². The fourth-order valence-corrected chi connectivity index (χ4v) is 1.64. The highest BCUT2D eigenvalue weighted by atomic mass is 35.5. The summed E-state index contributed by atoms with van der Waals surface area (Å²) in [5.74, 6) is 0. The first-order valence-electron chi connectivity index (χ1n) is 2.23. The Hall–Kier alpha value is -0.320. The molecule has 3 nitrogen and oxygen atoms in total. The van der Waals surface area contributed by atoms with Crippen LogP contribution in [-0.4, -0.2) is 16.4 Å². The van der Waals surface area contributed by atoms with Crippen LogP contribution in [0.3, 0.4) is 0 Å². The molecule has 6 heteroatoms. The van der Waals surface area contributed by atoms with Gasteiger partial charge in [-0.2, -0.15) is 0 Å². The second kappa shape index (κ2) is 3.18. The van der Waals surface area contributed by atoms with E-state index < -0.39 is 0 Å². The zero-order chi connectivity index (χ0) is 7.56. The molecule has 1 aromatic heterocycles. The molecule has 0 amide bonds. The highest BCUT2D eigenvalue weighted by molar-refractivity contribution is 7.17. The van der Waals surface area contributed by atoms with Gasteiger partial charge in [0.1, 0.15) is 0 Å². The van der Waals surface area contributed by atoms with E-state index in [2.05, 4.69) is 10.1 Å². The van der Waals surface area contributed by atoms with Crippen LogP contribution < -0.4 is 0 Å². The minimum Gasteiger partial charge on any atom is -0.411 e. The topological polar surface area (TPSA) is 45.5 Å². The molecule has 0 saturated carbocycles. The van der Waals surface area contributed by atoms with Crippen molar-refractivity contribution in [1.29, 1.82) is 0 Å². The summed E-state index contributed by atoms with van der Waals surface area (Å²) >= 11 is 12.2. The molecule has 54 valence electrons. The third kappa shape index (κ3) is 1.59. The van der Waals surface area contributed by atoms with Crippen molar-refractivity contribution < 1.29 is 5.21 Å². The van der Waals surface area contributed by atoms with Crippen LogP contribution in [0, 0.1) is 0 Å². The molecule has 0 spiro atoms. The Kier molecular flexibility index (Phi) is 2.48. The Labute approximate surface area is 70.9 Å². The highest BCUT2D eigenvalue weighted by Crippen LogP contribution is 2.24. The Balaban J connectivity index is 3.03. The number of rotatable bonds is 1. The van der Waals surface area contributed by atoms with Crippen molar-refractivity contribution >= 4 is 40.8 Å². The molecule has 1 rings (SSSR count). The molecule has 0 aliphatic heterocycles. The molecule has 0 saturated heterocycles. The van der Waals surface area contributed by atoms with Gasteiger partial charge in [0.2, 0.25) is 0 Å². The molecular weight excluding hydrogens is 195 g/mol. The lowest BCUT2D eigenvalue weighted by Crippen LogP contribution is -1.73. The molecule has 0 aliphatic carbocycles. The van der Waals surface area contributed by atoms with Crippen LogP contribution in [0.4, 0.5) is 0 Å². The van der Waals surface area contributed by atoms with E-state index in [0.717, 1.165) is 11.3 Å².